The molecule has 4 aromatic rings. The van der Waals surface area contributed by atoms with Crippen LogP contribution in [0.1, 0.15) is 0 Å². The molecule has 0 N–H and O–H groups in total. The number of ether oxygens (including phenoxy) is 2. The lowest BCUT2D eigenvalue weighted by Crippen LogP contribution is -2.11. The Bertz CT molecular complexity index is 1530. The second kappa shape index (κ2) is 8.25. The van der Waals surface area contributed by atoms with Crippen molar-refractivity contribution < 1.29 is 26.3 Å². The van der Waals surface area contributed by atoms with Crippen molar-refractivity contribution in [3.05, 3.63) is 78.9 Å². The van der Waals surface area contributed by atoms with Gasteiger partial charge in [0.2, 0.25) is 19.7 Å². The van der Waals surface area contributed by atoms with Gasteiger partial charge in [-0.2, -0.15) is 0 Å². The number of nitrogens with zero attached hydrogens (tertiary/aromatic N) is 1. The standard InChI is InChI=1S/C23H19NO6S2/c1-29-17-8-5-10-19(14-17)31(25,26)22-13-16-7-3-4-12-21(16)23(24-22)32(27,28)20-11-6-9-18(15-20)30-2/h3-15H,1-2H3. The van der Waals surface area contributed by atoms with Crippen LogP contribution in [0.5, 0.6) is 11.5 Å². The van der Waals surface area contributed by atoms with Gasteiger partial charge in [-0.15, -0.1) is 0 Å². The van der Waals surface area contributed by atoms with Gasteiger partial charge in [0.1, 0.15) is 11.5 Å². The SMILES string of the molecule is COc1cccc(S(=O)(=O)c2cc3ccccc3c(S(=O)(=O)c3cccc(OC)c3)n2)c1. The van der Waals surface area contributed by atoms with Crippen LogP contribution in [0.4, 0.5) is 0 Å². The Morgan fingerprint density at radius 2 is 1.22 bits per heavy atom. The molecular formula is C23H19NO6S2. The highest BCUT2D eigenvalue weighted by molar-refractivity contribution is 7.92. The van der Waals surface area contributed by atoms with Gasteiger partial charge in [-0.1, -0.05) is 36.4 Å². The summed E-state index contributed by atoms with van der Waals surface area (Å²) in [6.07, 6.45) is 0. The number of rotatable bonds is 6. The summed E-state index contributed by atoms with van der Waals surface area (Å²) in [5.74, 6) is 0.714. The van der Waals surface area contributed by atoms with Crippen LogP contribution >= 0.6 is 0 Å². The number of fused-ring (bicyclic) bond motifs is 1. The fourth-order valence-electron chi connectivity index (χ4n) is 3.25. The van der Waals surface area contributed by atoms with Gasteiger partial charge in [-0.25, -0.2) is 21.8 Å². The van der Waals surface area contributed by atoms with Crippen molar-refractivity contribution in [2.75, 3.05) is 14.2 Å². The van der Waals surface area contributed by atoms with Crippen LogP contribution in [0.2, 0.25) is 0 Å². The average Bonchev–Trinajstić information content (AvgIpc) is 2.83. The zero-order chi connectivity index (χ0) is 22.9. The molecule has 0 aliphatic carbocycles. The van der Waals surface area contributed by atoms with Crippen LogP contribution in [0.3, 0.4) is 0 Å². The number of pyridine rings is 1. The molecule has 7 nitrogen and oxygen atoms in total. The summed E-state index contributed by atoms with van der Waals surface area (Å²) in [7, 11) is -5.42. The van der Waals surface area contributed by atoms with Crippen molar-refractivity contribution in [2.45, 2.75) is 19.8 Å². The summed E-state index contributed by atoms with van der Waals surface area (Å²) in [6, 6.07) is 19.9. The molecule has 32 heavy (non-hydrogen) atoms. The Morgan fingerprint density at radius 1 is 0.656 bits per heavy atom. The Kier molecular flexibility index (Phi) is 5.62. The maximum Gasteiger partial charge on any atom is 0.224 e. The van der Waals surface area contributed by atoms with Gasteiger partial charge >= 0.3 is 0 Å². The van der Waals surface area contributed by atoms with E-state index in [0.29, 0.717) is 22.3 Å². The highest BCUT2D eigenvalue weighted by atomic mass is 32.2. The largest absolute Gasteiger partial charge is 0.497 e. The van der Waals surface area contributed by atoms with E-state index in [1.165, 1.54) is 44.6 Å². The first-order valence-electron chi connectivity index (χ1n) is 9.45. The van der Waals surface area contributed by atoms with E-state index in [1.54, 1.807) is 48.5 Å². The molecule has 0 saturated carbocycles. The Hall–Kier alpha value is -3.43. The van der Waals surface area contributed by atoms with E-state index in [4.69, 9.17) is 9.47 Å². The maximum absolute atomic E-state index is 13.5. The minimum absolute atomic E-state index is 0.0505. The lowest BCUT2D eigenvalue weighted by Gasteiger charge is -2.12. The molecule has 164 valence electrons. The number of sulfone groups is 2. The van der Waals surface area contributed by atoms with Gasteiger partial charge in [0.25, 0.3) is 0 Å². The van der Waals surface area contributed by atoms with E-state index in [-0.39, 0.29) is 19.8 Å². The van der Waals surface area contributed by atoms with E-state index >= 15 is 0 Å². The molecule has 4 rings (SSSR count). The molecule has 0 amide bonds. The van der Waals surface area contributed by atoms with Crippen LogP contribution in [-0.2, 0) is 19.7 Å². The molecular weight excluding hydrogens is 450 g/mol. The van der Waals surface area contributed by atoms with Gasteiger partial charge in [0.15, 0.2) is 10.1 Å². The smallest absolute Gasteiger partial charge is 0.224 e. The average molecular weight is 470 g/mol. The van der Waals surface area contributed by atoms with Gasteiger partial charge in [0.05, 0.1) is 24.0 Å². The third-order valence-corrected chi connectivity index (χ3v) is 8.24. The van der Waals surface area contributed by atoms with E-state index in [0.717, 1.165) is 0 Å². The summed E-state index contributed by atoms with van der Waals surface area (Å²) < 4.78 is 63.9. The summed E-state index contributed by atoms with van der Waals surface area (Å²) in [6.45, 7) is 0. The number of hydrogen-bond donors (Lipinski definition) is 0. The zero-order valence-corrected chi connectivity index (χ0v) is 18.9. The Labute approximate surface area is 186 Å². The molecule has 0 radical (unpaired) electrons. The predicted molar refractivity (Wildman–Crippen MR) is 119 cm³/mol. The Morgan fingerprint density at radius 3 is 1.81 bits per heavy atom. The molecule has 0 fully saturated rings. The first-order chi connectivity index (χ1) is 15.3. The van der Waals surface area contributed by atoms with Crippen LogP contribution in [0, 0.1) is 0 Å². The van der Waals surface area contributed by atoms with Gasteiger partial charge in [0, 0.05) is 5.39 Å². The molecule has 0 unspecified atom stereocenters. The predicted octanol–water partition coefficient (Wildman–Crippen LogP) is 3.92. The van der Waals surface area contributed by atoms with E-state index in [1.807, 2.05) is 0 Å². The van der Waals surface area contributed by atoms with Crippen LogP contribution in [0.25, 0.3) is 10.8 Å². The lowest BCUT2D eigenvalue weighted by atomic mass is 10.2. The molecule has 0 saturated heterocycles. The normalized spacial score (nSPS) is 11.9. The maximum atomic E-state index is 13.5. The molecule has 0 aliphatic heterocycles. The molecule has 3 aromatic carbocycles. The second-order valence-corrected chi connectivity index (χ2v) is 10.6. The molecule has 0 aliphatic rings. The fraction of sp³-hybridized carbons (Fsp3) is 0.0870. The second-order valence-electron chi connectivity index (χ2n) is 6.85. The first-order valence-corrected chi connectivity index (χ1v) is 12.4. The van der Waals surface area contributed by atoms with Crippen molar-refractivity contribution >= 4 is 30.4 Å². The first kappa shape index (κ1) is 21.8. The van der Waals surface area contributed by atoms with Crippen molar-refractivity contribution in [1.29, 1.82) is 0 Å². The van der Waals surface area contributed by atoms with Gasteiger partial charge in [-0.3, -0.25) is 0 Å². The topological polar surface area (TPSA) is 99.6 Å². The van der Waals surface area contributed by atoms with Crippen molar-refractivity contribution in [1.82, 2.24) is 4.98 Å². The molecule has 0 bridgehead atoms. The fourth-order valence-corrected chi connectivity index (χ4v) is 6.02. The molecule has 0 spiro atoms. The summed E-state index contributed by atoms with van der Waals surface area (Å²) in [5, 5.41) is 0.0432. The third kappa shape index (κ3) is 3.80. The van der Waals surface area contributed by atoms with Crippen LogP contribution in [-0.4, -0.2) is 36.0 Å². The highest BCUT2D eigenvalue weighted by Gasteiger charge is 2.28. The number of methoxy groups -OCH3 is 2. The highest BCUT2D eigenvalue weighted by Crippen LogP contribution is 2.32. The third-order valence-electron chi connectivity index (χ3n) is 4.91. The summed E-state index contributed by atoms with van der Waals surface area (Å²) in [4.78, 5) is 4.05. The van der Waals surface area contributed by atoms with E-state index in [9.17, 15) is 16.8 Å². The summed E-state index contributed by atoms with van der Waals surface area (Å²) >= 11 is 0. The number of aromatic nitrogens is 1. The van der Waals surface area contributed by atoms with E-state index in [2.05, 4.69) is 4.98 Å². The van der Waals surface area contributed by atoms with Crippen LogP contribution in [0.15, 0.2) is 98.7 Å². The minimum atomic E-state index is -4.16. The number of hydrogen-bond acceptors (Lipinski definition) is 7. The van der Waals surface area contributed by atoms with E-state index < -0.39 is 19.7 Å². The van der Waals surface area contributed by atoms with Crippen molar-refractivity contribution in [3.63, 3.8) is 0 Å². The molecule has 1 heterocycles. The lowest BCUT2D eigenvalue weighted by molar-refractivity contribution is 0.413. The quantitative estimate of drug-likeness (QED) is 0.422. The zero-order valence-electron chi connectivity index (χ0n) is 17.2. The number of benzene rings is 3. The minimum Gasteiger partial charge on any atom is -0.497 e. The van der Waals surface area contributed by atoms with Gasteiger partial charge in [-0.05, 0) is 47.9 Å². The molecule has 1 aromatic heterocycles. The molecule has 9 heteroatoms. The van der Waals surface area contributed by atoms with Crippen molar-refractivity contribution in [3.8, 4) is 11.5 Å². The summed E-state index contributed by atoms with van der Waals surface area (Å²) in [5.41, 5.74) is 0. The molecule has 0 atom stereocenters. The Balaban J connectivity index is 1.98. The van der Waals surface area contributed by atoms with Crippen LogP contribution < -0.4 is 9.47 Å². The van der Waals surface area contributed by atoms with Crippen molar-refractivity contribution in [2.24, 2.45) is 0 Å². The monoisotopic (exact) mass is 469 g/mol. The van der Waals surface area contributed by atoms with Gasteiger partial charge < -0.3 is 9.47 Å².